The molecule has 0 spiro atoms. The van der Waals surface area contributed by atoms with Crippen molar-refractivity contribution in [3.63, 3.8) is 0 Å². The minimum atomic E-state index is -0.350. The SMILES string of the molecule is CCC(CO)n1cnc2c(C(C=NC)=CN)nc(-c3ccc(Cl)cc3)cc2c1=O. The van der Waals surface area contributed by atoms with Gasteiger partial charge in [-0.1, -0.05) is 30.7 Å². The molecule has 2 aromatic heterocycles. The molecule has 3 rings (SSSR count). The summed E-state index contributed by atoms with van der Waals surface area (Å²) in [5.74, 6) is 0. The molecule has 0 radical (unpaired) electrons. The lowest BCUT2D eigenvalue weighted by atomic mass is 10.1. The van der Waals surface area contributed by atoms with E-state index in [-0.39, 0.29) is 18.2 Å². The number of nitrogens with two attached hydrogens (primary N) is 1. The number of aromatic nitrogens is 3. The fourth-order valence-corrected chi connectivity index (χ4v) is 3.24. The Morgan fingerprint density at radius 2 is 2.10 bits per heavy atom. The largest absolute Gasteiger partial charge is 0.404 e. The lowest BCUT2D eigenvalue weighted by molar-refractivity contribution is 0.221. The van der Waals surface area contributed by atoms with Gasteiger partial charge in [0.1, 0.15) is 11.2 Å². The van der Waals surface area contributed by atoms with Crippen molar-refractivity contribution >= 4 is 34.3 Å². The van der Waals surface area contributed by atoms with E-state index < -0.39 is 0 Å². The van der Waals surface area contributed by atoms with Gasteiger partial charge in [0.15, 0.2) is 0 Å². The number of benzene rings is 1. The number of aliphatic hydroxyl groups excluding tert-OH is 1. The number of rotatable bonds is 6. The van der Waals surface area contributed by atoms with Gasteiger partial charge >= 0.3 is 0 Å². The number of halogens is 1. The van der Waals surface area contributed by atoms with Gasteiger partial charge in [-0.3, -0.25) is 14.4 Å². The van der Waals surface area contributed by atoms with Crippen LogP contribution in [0.1, 0.15) is 25.1 Å². The first-order chi connectivity index (χ1) is 14.0. The Kier molecular flexibility index (Phi) is 6.41. The second-order valence-electron chi connectivity index (χ2n) is 6.47. The molecule has 3 aromatic rings. The maximum atomic E-state index is 13.2. The topological polar surface area (TPSA) is 106 Å². The Morgan fingerprint density at radius 1 is 1.38 bits per heavy atom. The van der Waals surface area contributed by atoms with Gasteiger partial charge in [0.25, 0.3) is 5.56 Å². The van der Waals surface area contributed by atoms with Gasteiger partial charge in [0, 0.05) is 35.6 Å². The molecule has 0 bridgehead atoms. The average Bonchev–Trinajstić information content (AvgIpc) is 2.74. The number of aliphatic imine (C=N–C) groups is 1. The van der Waals surface area contributed by atoms with Crippen molar-refractivity contribution in [1.82, 2.24) is 14.5 Å². The van der Waals surface area contributed by atoms with E-state index in [1.807, 2.05) is 19.1 Å². The van der Waals surface area contributed by atoms with Crippen LogP contribution < -0.4 is 11.3 Å². The van der Waals surface area contributed by atoms with Crippen molar-refractivity contribution in [1.29, 1.82) is 0 Å². The van der Waals surface area contributed by atoms with E-state index >= 15 is 0 Å². The molecule has 29 heavy (non-hydrogen) atoms. The van der Waals surface area contributed by atoms with Crippen molar-refractivity contribution in [2.75, 3.05) is 13.7 Å². The Labute approximate surface area is 173 Å². The third kappa shape index (κ3) is 4.06. The third-order valence-corrected chi connectivity index (χ3v) is 4.96. The van der Waals surface area contributed by atoms with Crippen molar-refractivity contribution in [3.8, 4) is 11.3 Å². The molecule has 3 N–H and O–H groups in total. The summed E-state index contributed by atoms with van der Waals surface area (Å²) in [6, 6.07) is 8.53. The van der Waals surface area contributed by atoms with E-state index in [0.29, 0.717) is 39.3 Å². The van der Waals surface area contributed by atoms with Gasteiger partial charge in [-0.15, -0.1) is 0 Å². The predicted molar refractivity (Wildman–Crippen MR) is 117 cm³/mol. The first kappa shape index (κ1) is 20.7. The zero-order valence-corrected chi connectivity index (χ0v) is 17.0. The summed E-state index contributed by atoms with van der Waals surface area (Å²) in [7, 11) is 1.63. The van der Waals surface area contributed by atoms with Crippen LogP contribution in [0.3, 0.4) is 0 Å². The molecule has 0 aliphatic rings. The molecule has 0 saturated heterocycles. The summed E-state index contributed by atoms with van der Waals surface area (Å²) in [4.78, 5) is 26.4. The lowest BCUT2D eigenvalue weighted by Crippen LogP contribution is -2.27. The van der Waals surface area contributed by atoms with Gasteiger partial charge in [-0.2, -0.15) is 0 Å². The summed E-state index contributed by atoms with van der Waals surface area (Å²) in [5, 5.41) is 10.6. The Bertz CT molecular complexity index is 1130. The number of nitrogens with zero attached hydrogens (tertiary/aromatic N) is 4. The van der Waals surface area contributed by atoms with Crippen LogP contribution in [0.2, 0.25) is 5.02 Å². The van der Waals surface area contributed by atoms with E-state index in [9.17, 15) is 9.90 Å². The van der Waals surface area contributed by atoms with Crippen LogP contribution in [0.25, 0.3) is 27.7 Å². The van der Waals surface area contributed by atoms with Crippen LogP contribution in [0.15, 0.2) is 52.6 Å². The summed E-state index contributed by atoms with van der Waals surface area (Å²) in [5.41, 5.74) is 8.36. The van der Waals surface area contributed by atoms with Gasteiger partial charge in [-0.05, 0) is 24.6 Å². The van der Waals surface area contributed by atoms with E-state index in [4.69, 9.17) is 22.3 Å². The fraction of sp³-hybridized carbons (Fsp3) is 0.238. The highest BCUT2D eigenvalue weighted by Crippen LogP contribution is 2.26. The molecule has 1 unspecified atom stereocenters. The number of fused-ring (bicyclic) bond motifs is 1. The van der Waals surface area contributed by atoms with Crippen molar-refractivity contribution in [2.45, 2.75) is 19.4 Å². The molecule has 8 heteroatoms. The van der Waals surface area contributed by atoms with Crippen LogP contribution in [0.5, 0.6) is 0 Å². The molecule has 0 fully saturated rings. The lowest BCUT2D eigenvalue weighted by Gasteiger charge is -2.16. The van der Waals surface area contributed by atoms with Crippen LogP contribution in [-0.2, 0) is 0 Å². The van der Waals surface area contributed by atoms with Crippen molar-refractivity contribution in [3.05, 3.63) is 63.9 Å². The number of pyridine rings is 1. The minimum absolute atomic E-state index is 0.151. The molecule has 1 aromatic carbocycles. The highest BCUT2D eigenvalue weighted by molar-refractivity contribution is 6.30. The third-order valence-electron chi connectivity index (χ3n) is 4.71. The van der Waals surface area contributed by atoms with Crippen LogP contribution >= 0.6 is 11.6 Å². The molecule has 0 aliphatic carbocycles. The minimum Gasteiger partial charge on any atom is -0.404 e. The normalized spacial score (nSPS) is 13.3. The molecule has 1 atom stereocenters. The smallest absolute Gasteiger partial charge is 0.261 e. The van der Waals surface area contributed by atoms with Gasteiger partial charge in [0.05, 0.1) is 30.1 Å². The predicted octanol–water partition coefficient (Wildman–Crippen LogP) is 3.06. The van der Waals surface area contributed by atoms with E-state index in [1.165, 1.54) is 17.1 Å². The van der Waals surface area contributed by atoms with Crippen LogP contribution in [0, 0.1) is 0 Å². The maximum absolute atomic E-state index is 13.2. The highest BCUT2D eigenvalue weighted by atomic mass is 35.5. The van der Waals surface area contributed by atoms with Gasteiger partial charge < -0.3 is 10.8 Å². The second kappa shape index (κ2) is 8.98. The maximum Gasteiger partial charge on any atom is 0.261 e. The van der Waals surface area contributed by atoms with Gasteiger partial charge in [-0.25, -0.2) is 9.97 Å². The average molecular weight is 412 g/mol. The quantitative estimate of drug-likeness (QED) is 0.606. The summed E-state index contributed by atoms with van der Waals surface area (Å²) >= 11 is 6.00. The van der Waals surface area contributed by atoms with E-state index in [1.54, 1.807) is 31.5 Å². The Balaban J connectivity index is 2.37. The fourth-order valence-electron chi connectivity index (χ4n) is 3.11. The molecular formula is C21H22ClN5O2. The first-order valence-corrected chi connectivity index (χ1v) is 9.54. The molecule has 0 aliphatic heterocycles. The van der Waals surface area contributed by atoms with Crippen molar-refractivity contribution < 1.29 is 5.11 Å². The molecule has 0 amide bonds. The molecule has 7 nitrogen and oxygen atoms in total. The Hall–Kier alpha value is -3.03. The summed E-state index contributed by atoms with van der Waals surface area (Å²) < 4.78 is 1.46. The molecular weight excluding hydrogens is 390 g/mol. The number of allylic oxidation sites excluding steroid dienone is 1. The van der Waals surface area contributed by atoms with E-state index in [2.05, 4.69) is 9.98 Å². The van der Waals surface area contributed by atoms with Crippen molar-refractivity contribution in [2.24, 2.45) is 10.7 Å². The zero-order chi connectivity index (χ0) is 21.0. The molecule has 150 valence electrons. The van der Waals surface area contributed by atoms with Crippen LogP contribution in [-0.4, -0.2) is 39.5 Å². The number of aliphatic hydroxyl groups is 1. The Morgan fingerprint density at radius 3 is 2.69 bits per heavy atom. The standard InChI is InChI=1S/C21H22ClN5O2/c1-3-16(11-28)27-12-25-20-17(21(27)29)8-18(13-4-6-15(22)7-5-13)26-19(20)14(9-23)10-24-2/h4-10,12,16,28H,3,11,23H2,1-2H3. The molecule has 2 heterocycles. The molecule has 0 saturated carbocycles. The van der Waals surface area contributed by atoms with Gasteiger partial charge in [0.2, 0.25) is 0 Å². The van der Waals surface area contributed by atoms with Crippen LogP contribution in [0.4, 0.5) is 0 Å². The second-order valence-corrected chi connectivity index (χ2v) is 6.91. The summed E-state index contributed by atoms with van der Waals surface area (Å²) in [6.07, 6.45) is 5.00. The first-order valence-electron chi connectivity index (χ1n) is 9.17. The number of hydrogen-bond acceptors (Lipinski definition) is 6. The highest BCUT2D eigenvalue weighted by Gasteiger charge is 2.18. The monoisotopic (exact) mass is 411 g/mol. The number of hydrogen-bond donors (Lipinski definition) is 2. The summed E-state index contributed by atoms with van der Waals surface area (Å²) in [6.45, 7) is 1.75. The van der Waals surface area contributed by atoms with E-state index in [0.717, 1.165) is 5.56 Å². The zero-order valence-electron chi connectivity index (χ0n) is 16.2.